The van der Waals surface area contributed by atoms with Gasteiger partial charge in [-0.15, -0.1) is 0 Å². The van der Waals surface area contributed by atoms with Crippen LogP contribution in [0.15, 0.2) is 18.2 Å². The molecule has 1 heterocycles. The van der Waals surface area contributed by atoms with Crippen LogP contribution in [0.1, 0.15) is 24.3 Å². The molecule has 0 aromatic heterocycles. The van der Waals surface area contributed by atoms with Crippen LogP contribution in [0, 0.1) is 17.6 Å². The van der Waals surface area contributed by atoms with E-state index in [0.717, 1.165) is 19.0 Å². The number of primary amides is 1. The Bertz CT molecular complexity index is 653. The molecule has 1 saturated carbocycles. The van der Waals surface area contributed by atoms with Crippen molar-refractivity contribution in [3.63, 3.8) is 0 Å². The molecule has 0 bridgehead atoms. The average molecular weight is 337 g/mol. The molecule has 7 heteroatoms. The van der Waals surface area contributed by atoms with E-state index < -0.39 is 11.6 Å². The molecule has 0 spiro atoms. The zero-order valence-electron chi connectivity index (χ0n) is 13.4. The van der Waals surface area contributed by atoms with Gasteiger partial charge in [0.25, 0.3) is 0 Å². The van der Waals surface area contributed by atoms with Crippen LogP contribution in [0.5, 0.6) is 0 Å². The normalized spacial score (nSPS) is 24.5. The number of hydrogen-bond donors (Lipinski definition) is 1. The molecule has 2 amide bonds. The number of nitrogens with two attached hydrogens (primary N) is 1. The smallest absolute Gasteiger partial charge is 0.231 e. The summed E-state index contributed by atoms with van der Waals surface area (Å²) >= 11 is 0. The van der Waals surface area contributed by atoms with Gasteiger partial charge in [0.15, 0.2) is 0 Å². The van der Waals surface area contributed by atoms with Gasteiger partial charge in [0.2, 0.25) is 11.8 Å². The highest BCUT2D eigenvalue weighted by atomic mass is 19.1. The molecule has 1 aromatic rings. The number of halogens is 2. The number of carbonyl (C=O) groups excluding carboxylic acids is 2. The number of amides is 2. The van der Waals surface area contributed by atoms with E-state index in [1.54, 1.807) is 4.90 Å². The average Bonchev–Trinajstić information content (AvgIpc) is 3.30. The van der Waals surface area contributed by atoms with E-state index in [-0.39, 0.29) is 30.2 Å². The molecule has 2 aliphatic rings. The van der Waals surface area contributed by atoms with Crippen molar-refractivity contribution < 1.29 is 18.4 Å². The molecule has 24 heavy (non-hydrogen) atoms. The van der Waals surface area contributed by atoms with Crippen molar-refractivity contribution in [2.24, 2.45) is 11.7 Å². The van der Waals surface area contributed by atoms with Crippen LogP contribution in [0.25, 0.3) is 0 Å². The fourth-order valence-corrected chi connectivity index (χ4v) is 3.42. The van der Waals surface area contributed by atoms with E-state index in [2.05, 4.69) is 0 Å². The first kappa shape index (κ1) is 16.8. The van der Waals surface area contributed by atoms with Crippen LogP contribution >= 0.6 is 0 Å². The van der Waals surface area contributed by atoms with Gasteiger partial charge in [0.05, 0.1) is 6.54 Å². The van der Waals surface area contributed by atoms with E-state index >= 15 is 0 Å². The fourth-order valence-electron chi connectivity index (χ4n) is 3.42. The number of nitrogens with zero attached hydrogens (tertiary/aromatic N) is 2. The summed E-state index contributed by atoms with van der Waals surface area (Å²) in [5, 5.41) is 0. The number of rotatable bonds is 4. The van der Waals surface area contributed by atoms with Crippen molar-refractivity contribution >= 4 is 11.8 Å². The lowest BCUT2D eigenvalue weighted by Gasteiger charge is -2.21. The maximum atomic E-state index is 13.8. The Kier molecular flexibility index (Phi) is 4.80. The highest BCUT2D eigenvalue weighted by molar-refractivity contribution is 5.83. The number of benzene rings is 1. The lowest BCUT2D eigenvalue weighted by molar-refractivity contribution is -0.132. The number of carbonyl (C=O) groups is 2. The van der Waals surface area contributed by atoms with Crippen LogP contribution < -0.4 is 5.73 Å². The molecular formula is C17H21F2N3O2. The molecule has 3 rings (SSSR count). The standard InChI is InChI=1S/C17H21F2N3O2/c18-11-2-3-12(15(19)8-11)13-9-14(13)17(24)22-5-1-4-21(6-7-22)10-16(20)23/h2-3,8,13-14H,1,4-7,9-10H2,(H2,20,23). The zero-order chi connectivity index (χ0) is 17.3. The third kappa shape index (κ3) is 3.72. The van der Waals surface area contributed by atoms with Crippen LogP contribution in [0.3, 0.4) is 0 Å². The topological polar surface area (TPSA) is 66.6 Å². The summed E-state index contributed by atoms with van der Waals surface area (Å²) in [6, 6.07) is 3.52. The first-order valence-corrected chi connectivity index (χ1v) is 8.20. The van der Waals surface area contributed by atoms with E-state index in [4.69, 9.17) is 5.73 Å². The van der Waals surface area contributed by atoms with Crippen molar-refractivity contribution in [3.8, 4) is 0 Å². The summed E-state index contributed by atoms with van der Waals surface area (Å²) in [5.41, 5.74) is 5.63. The van der Waals surface area contributed by atoms with Gasteiger partial charge in [-0.05, 0) is 30.4 Å². The molecule has 1 aliphatic heterocycles. The second-order valence-electron chi connectivity index (χ2n) is 6.54. The van der Waals surface area contributed by atoms with Crippen LogP contribution in [-0.4, -0.2) is 54.3 Å². The maximum absolute atomic E-state index is 13.8. The van der Waals surface area contributed by atoms with Crippen molar-refractivity contribution in [1.82, 2.24) is 9.80 Å². The summed E-state index contributed by atoms with van der Waals surface area (Å²) in [7, 11) is 0. The Hall–Kier alpha value is -2.02. The van der Waals surface area contributed by atoms with E-state index in [0.29, 0.717) is 31.6 Å². The number of hydrogen-bond acceptors (Lipinski definition) is 3. The Morgan fingerprint density at radius 3 is 2.67 bits per heavy atom. The van der Waals surface area contributed by atoms with Gasteiger partial charge in [-0.25, -0.2) is 8.78 Å². The Balaban J connectivity index is 1.59. The molecule has 130 valence electrons. The molecule has 5 nitrogen and oxygen atoms in total. The van der Waals surface area contributed by atoms with E-state index in [1.807, 2.05) is 4.90 Å². The van der Waals surface area contributed by atoms with Crippen LogP contribution in [0.2, 0.25) is 0 Å². The largest absolute Gasteiger partial charge is 0.369 e. The molecule has 2 fully saturated rings. The third-order valence-corrected chi connectivity index (χ3v) is 4.75. The molecule has 1 aromatic carbocycles. The van der Waals surface area contributed by atoms with Gasteiger partial charge in [-0.2, -0.15) is 0 Å². The van der Waals surface area contributed by atoms with Gasteiger partial charge >= 0.3 is 0 Å². The predicted octanol–water partition coefficient (Wildman–Crippen LogP) is 1.09. The second kappa shape index (κ2) is 6.84. The van der Waals surface area contributed by atoms with Crippen molar-refractivity contribution in [2.45, 2.75) is 18.8 Å². The quantitative estimate of drug-likeness (QED) is 0.894. The highest BCUT2D eigenvalue weighted by Gasteiger charge is 2.47. The molecular weight excluding hydrogens is 316 g/mol. The van der Waals surface area contributed by atoms with Gasteiger partial charge in [0.1, 0.15) is 11.6 Å². The Morgan fingerprint density at radius 2 is 1.96 bits per heavy atom. The minimum Gasteiger partial charge on any atom is -0.369 e. The lowest BCUT2D eigenvalue weighted by Crippen LogP contribution is -2.38. The van der Waals surface area contributed by atoms with E-state index in [1.165, 1.54) is 12.1 Å². The summed E-state index contributed by atoms with van der Waals surface area (Å²) < 4.78 is 26.8. The first-order valence-electron chi connectivity index (χ1n) is 8.20. The van der Waals surface area contributed by atoms with Gasteiger partial charge < -0.3 is 10.6 Å². The van der Waals surface area contributed by atoms with Crippen molar-refractivity contribution in [3.05, 3.63) is 35.4 Å². The summed E-state index contributed by atoms with van der Waals surface area (Å²) in [6.07, 6.45) is 1.38. The molecule has 2 N–H and O–H groups in total. The first-order chi connectivity index (χ1) is 11.5. The van der Waals surface area contributed by atoms with Gasteiger partial charge in [-0.3, -0.25) is 14.5 Å². The maximum Gasteiger partial charge on any atom is 0.231 e. The highest BCUT2D eigenvalue weighted by Crippen LogP contribution is 2.49. The lowest BCUT2D eigenvalue weighted by atomic mass is 10.1. The zero-order valence-corrected chi connectivity index (χ0v) is 13.4. The summed E-state index contributed by atoms with van der Waals surface area (Å²) in [5.74, 6) is -1.94. The van der Waals surface area contributed by atoms with Crippen LogP contribution in [-0.2, 0) is 9.59 Å². The summed E-state index contributed by atoms with van der Waals surface area (Å²) in [4.78, 5) is 27.4. The minimum atomic E-state index is -0.609. The Morgan fingerprint density at radius 1 is 1.17 bits per heavy atom. The molecule has 1 aliphatic carbocycles. The minimum absolute atomic E-state index is 0.0182. The fraction of sp³-hybridized carbons (Fsp3) is 0.529. The summed E-state index contributed by atoms with van der Waals surface area (Å²) in [6.45, 7) is 2.71. The molecule has 2 atom stereocenters. The predicted molar refractivity (Wildman–Crippen MR) is 84.0 cm³/mol. The molecule has 0 radical (unpaired) electrons. The third-order valence-electron chi connectivity index (χ3n) is 4.75. The SMILES string of the molecule is NC(=O)CN1CCCN(C(=O)C2CC2c2ccc(F)cc2F)CC1. The monoisotopic (exact) mass is 337 g/mol. The van der Waals surface area contributed by atoms with E-state index in [9.17, 15) is 18.4 Å². The second-order valence-corrected chi connectivity index (χ2v) is 6.54. The molecule has 2 unspecified atom stereocenters. The van der Waals surface area contributed by atoms with Gasteiger partial charge in [-0.1, -0.05) is 6.07 Å². The molecule has 1 saturated heterocycles. The Labute approximate surface area is 139 Å². The van der Waals surface area contributed by atoms with Gasteiger partial charge in [0, 0.05) is 38.2 Å². The van der Waals surface area contributed by atoms with Crippen LogP contribution in [0.4, 0.5) is 8.78 Å². The van der Waals surface area contributed by atoms with Crippen molar-refractivity contribution in [2.75, 3.05) is 32.7 Å². The van der Waals surface area contributed by atoms with Crippen molar-refractivity contribution in [1.29, 1.82) is 0 Å².